The summed E-state index contributed by atoms with van der Waals surface area (Å²) >= 11 is 0. The zero-order valence-electron chi connectivity index (χ0n) is 23.4. The molecule has 0 aliphatic carbocycles. The summed E-state index contributed by atoms with van der Waals surface area (Å²) < 4.78 is 37.4. The summed E-state index contributed by atoms with van der Waals surface area (Å²) in [5, 5.41) is 8.51. The Morgan fingerprint density at radius 2 is 2.02 bits per heavy atom. The Bertz CT molecular complexity index is 1560. The number of aryl methyl sites for hydroxylation is 3. The molecule has 3 heterocycles. The molecule has 4 aromatic rings. The fourth-order valence-electron chi connectivity index (χ4n) is 5.27. The average Bonchev–Trinajstić information content (AvgIpc) is 3.26. The molecule has 0 spiro atoms. The SMILES string of the molecule is CCOC(=O)CC(c1ccc(C)c(CN2C[C@@H](C)Oc3ncccc3S2(O)O)c1)c1ccc2c(nnn2C)c1C. The van der Waals surface area contributed by atoms with Gasteiger partial charge in [0.25, 0.3) is 0 Å². The standard InChI is InChI=1S/C29H35N5O5S/c1-6-38-27(35)15-24(23-11-12-25-28(20(23)4)31-32-33(25)5)21-10-9-18(2)22(14-21)17-34-16-19(3)39-29-26(40(34,36)37)8-7-13-30-29/h7-14,19,24,36-37H,6,15-17H2,1-5H3/t19-,24?/m1/s1. The van der Waals surface area contributed by atoms with E-state index < -0.39 is 10.8 Å². The predicted octanol–water partition coefficient (Wildman–Crippen LogP) is 5.37. The van der Waals surface area contributed by atoms with E-state index in [0.717, 1.165) is 38.9 Å². The van der Waals surface area contributed by atoms with Gasteiger partial charge in [-0.2, -0.15) is 4.31 Å². The summed E-state index contributed by atoms with van der Waals surface area (Å²) in [4.78, 5) is 17.3. The molecule has 0 bridgehead atoms. The van der Waals surface area contributed by atoms with Crippen molar-refractivity contribution in [2.45, 2.75) is 57.6 Å². The minimum atomic E-state index is -3.35. The number of aromatic nitrogens is 4. The molecule has 0 radical (unpaired) electrons. The number of esters is 1. The third kappa shape index (κ3) is 5.29. The Morgan fingerprint density at radius 1 is 1.23 bits per heavy atom. The van der Waals surface area contributed by atoms with Gasteiger partial charge in [0.2, 0.25) is 5.88 Å². The third-order valence-electron chi connectivity index (χ3n) is 7.42. The van der Waals surface area contributed by atoms with E-state index in [2.05, 4.69) is 21.4 Å². The van der Waals surface area contributed by atoms with Gasteiger partial charge in [0.15, 0.2) is 0 Å². The van der Waals surface area contributed by atoms with Crippen molar-refractivity contribution in [2.24, 2.45) is 7.05 Å². The van der Waals surface area contributed by atoms with Gasteiger partial charge in [0, 0.05) is 25.7 Å². The molecule has 212 valence electrons. The summed E-state index contributed by atoms with van der Waals surface area (Å²) in [6.07, 6.45) is 1.43. The van der Waals surface area contributed by atoms with Gasteiger partial charge in [-0.3, -0.25) is 13.9 Å². The third-order valence-corrected chi connectivity index (χ3v) is 9.32. The topological polar surface area (TPSA) is 123 Å². The van der Waals surface area contributed by atoms with Crippen molar-refractivity contribution in [3.05, 3.63) is 76.5 Å². The molecule has 1 aliphatic heterocycles. The molecule has 2 aromatic heterocycles. The number of carbonyl (C=O) groups excluding carboxylic acids is 1. The molecule has 10 nitrogen and oxygen atoms in total. The summed E-state index contributed by atoms with van der Waals surface area (Å²) in [6, 6.07) is 13.4. The fourth-order valence-corrected chi connectivity index (χ4v) is 6.89. The minimum absolute atomic E-state index is 0.159. The molecule has 0 amide bonds. The van der Waals surface area contributed by atoms with Gasteiger partial charge in [-0.15, -0.1) is 15.9 Å². The van der Waals surface area contributed by atoms with Crippen molar-refractivity contribution >= 4 is 27.8 Å². The van der Waals surface area contributed by atoms with Gasteiger partial charge < -0.3 is 9.47 Å². The lowest BCUT2D eigenvalue weighted by molar-refractivity contribution is -0.143. The van der Waals surface area contributed by atoms with E-state index in [0.29, 0.717) is 13.2 Å². The predicted molar refractivity (Wildman–Crippen MR) is 153 cm³/mol. The number of nitrogens with zero attached hydrogens (tertiary/aromatic N) is 5. The highest BCUT2D eigenvalue weighted by atomic mass is 32.3. The number of pyridine rings is 1. The first-order valence-corrected chi connectivity index (χ1v) is 14.8. The molecule has 2 atom stereocenters. The van der Waals surface area contributed by atoms with Crippen LogP contribution in [0.3, 0.4) is 0 Å². The summed E-state index contributed by atoms with van der Waals surface area (Å²) in [6.45, 7) is 8.56. The highest BCUT2D eigenvalue weighted by molar-refractivity contribution is 8.22. The second-order valence-corrected chi connectivity index (χ2v) is 12.2. The molecule has 1 aliphatic rings. The number of fused-ring (bicyclic) bond motifs is 2. The number of rotatable bonds is 7. The first-order valence-electron chi connectivity index (χ1n) is 13.3. The van der Waals surface area contributed by atoms with Crippen molar-refractivity contribution in [3.8, 4) is 5.88 Å². The first-order chi connectivity index (χ1) is 19.1. The number of hydrogen-bond acceptors (Lipinski definition) is 9. The Labute approximate surface area is 235 Å². The van der Waals surface area contributed by atoms with Gasteiger partial charge in [-0.05, 0) is 73.7 Å². The molecule has 0 fully saturated rings. The van der Waals surface area contributed by atoms with E-state index in [1.165, 1.54) is 0 Å². The van der Waals surface area contributed by atoms with Crippen LogP contribution in [0.1, 0.15) is 54.0 Å². The van der Waals surface area contributed by atoms with Gasteiger partial charge in [-0.25, -0.2) is 9.67 Å². The lowest BCUT2D eigenvalue weighted by atomic mass is 9.84. The monoisotopic (exact) mass is 565 g/mol. The van der Waals surface area contributed by atoms with Gasteiger partial charge in [0.05, 0.1) is 25.1 Å². The molecule has 11 heteroatoms. The number of benzene rings is 2. The van der Waals surface area contributed by atoms with E-state index >= 15 is 0 Å². The number of ether oxygens (including phenoxy) is 2. The average molecular weight is 566 g/mol. The lowest BCUT2D eigenvalue weighted by Crippen LogP contribution is -2.33. The highest BCUT2D eigenvalue weighted by Gasteiger charge is 2.35. The van der Waals surface area contributed by atoms with Crippen LogP contribution in [0.4, 0.5) is 0 Å². The van der Waals surface area contributed by atoms with Crippen molar-refractivity contribution in [2.75, 3.05) is 13.2 Å². The molecular weight excluding hydrogens is 530 g/mol. The largest absolute Gasteiger partial charge is 0.472 e. The van der Waals surface area contributed by atoms with E-state index in [1.807, 2.05) is 52.1 Å². The summed E-state index contributed by atoms with van der Waals surface area (Å²) in [5.74, 6) is -0.334. The van der Waals surface area contributed by atoms with Crippen LogP contribution in [0.25, 0.3) is 11.0 Å². The maximum atomic E-state index is 12.8. The first kappa shape index (κ1) is 28.0. The minimum Gasteiger partial charge on any atom is -0.472 e. The molecular formula is C29H35N5O5S. The molecule has 0 saturated carbocycles. The summed E-state index contributed by atoms with van der Waals surface area (Å²) in [7, 11) is -1.50. The second kappa shape index (κ2) is 11.2. The Hall–Kier alpha value is -3.51. The summed E-state index contributed by atoms with van der Waals surface area (Å²) in [5.41, 5.74) is 6.48. The lowest BCUT2D eigenvalue weighted by Gasteiger charge is -2.41. The molecule has 2 N–H and O–H groups in total. The molecule has 0 saturated heterocycles. The number of hydrogen-bond donors (Lipinski definition) is 2. The van der Waals surface area contributed by atoms with Crippen LogP contribution in [0, 0.1) is 13.8 Å². The molecule has 5 rings (SSSR count). The van der Waals surface area contributed by atoms with Crippen LogP contribution in [0.2, 0.25) is 0 Å². The van der Waals surface area contributed by atoms with Crippen LogP contribution >= 0.6 is 10.8 Å². The van der Waals surface area contributed by atoms with E-state index in [-0.39, 0.29) is 41.7 Å². The number of carbonyl (C=O) groups is 1. The fraction of sp³-hybridized carbons (Fsp3) is 0.379. The van der Waals surface area contributed by atoms with Crippen LogP contribution in [0.15, 0.2) is 53.6 Å². The van der Waals surface area contributed by atoms with Crippen molar-refractivity contribution in [3.63, 3.8) is 0 Å². The maximum Gasteiger partial charge on any atom is 0.306 e. The Morgan fingerprint density at radius 3 is 2.80 bits per heavy atom. The smallest absolute Gasteiger partial charge is 0.306 e. The van der Waals surface area contributed by atoms with Crippen molar-refractivity contribution in [1.29, 1.82) is 0 Å². The van der Waals surface area contributed by atoms with E-state index in [1.54, 1.807) is 34.2 Å². The molecule has 1 unspecified atom stereocenters. The van der Waals surface area contributed by atoms with Crippen molar-refractivity contribution in [1.82, 2.24) is 24.3 Å². The van der Waals surface area contributed by atoms with Gasteiger partial charge in [-0.1, -0.05) is 29.5 Å². The highest BCUT2D eigenvalue weighted by Crippen LogP contribution is 2.56. The zero-order valence-corrected chi connectivity index (χ0v) is 24.2. The van der Waals surface area contributed by atoms with Crippen LogP contribution < -0.4 is 4.74 Å². The second-order valence-electron chi connectivity index (χ2n) is 10.2. The van der Waals surface area contributed by atoms with E-state index in [9.17, 15) is 13.9 Å². The van der Waals surface area contributed by atoms with E-state index in [4.69, 9.17) is 9.47 Å². The molecule has 2 aromatic carbocycles. The van der Waals surface area contributed by atoms with Crippen LogP contribution in [-0.2, 0) is 23.1 Å². The zero-order chi connectivity index (χ0) is 28.6. The van der Waals surface area contributed by atoms with Crippen LogP contribution in [-0.4, -0.2) is 58.6 Å². The van der Waals surface area contributed by atoms with Crippen molar-refractivity contribution < 1.29 is 23.4 Å². The maximum absolute atomic E-state index is 12.8. The Kier molecular flexibility index (Phi) is 7.83. The molecule has 40 heavy (non-hydrogen) atoms. The van der Waals surface area contributed by atoms with Gasteiger partial charge in [0.1, 0.15) is 16.5 Å². The Balaban J connectivity index is 1.55. The quantitative estimate of drug-likeness (QED) is 0.285. The normalized spacial score (nSPS) is 18.4. The van der Waals surface area contributed by atoms with Gasteiger partial charge >= 0.3 is 5.97 Å². The van der Waals surface area contributed by atoms with Crippen LogP contribution in [0.5, 0.6) is 5.88 Å².